The van der Waals surface area contributed by atoms with Gasteiger partial charge in [0, 0.05) is 32.1 Å². The molecule has 2 unspecified atom stereocenters. The second kappa shape index (κ2) is 7.37. The van der Waals surface area contributed by atoms with E-state index in [1.807, 2.05) is 24.0 Å². The van der Waals surface area contributed by atoms with Crippen molar-refractivity contribution in [3.8, 4) is 0 Å². The summed E-state index contributed by atoms with van der Waals surface area (Å²) in [7, 11) is 1.54. The lowest BCUT2D eigenvalue weighted by Crippen LogP contribution is -2.28. The molecule has 7 nitrogen and oxygen atoms in total. The van der Waals surface area contributed by atoms with Crippen LogP contribution >= 0.6 is 0 Å². The van der Waals surface area contributed by atoms with E-state index >= 15 is 0 Å². The van der Waals surface area contributed by atoms with Gasteiger partial charge in [0.15, 0.2) is 0 Å². The molecule has 9 heteroatoms. The number of pyridine rings is 1. The van der Waals surface area contributed by atoms with E-state index in [0.29, 0.717) is 30.9 Å². The molecule has 1 saturated carbocycles. The van der Waals surface area contributed by atoms with Crippen LogP contribution in [0.4, 0.5) is 14.6 Å². The molecule has 0 radical (unpaired) electrons. The van der Waals surface area contributed by atoms with Crippen molar-refractivity contribution in [2.75, 3.05) is 31.7 Å². The van der Waals surface area contributed by atoms with Crippen molar-refractivity contribution in [2.45, 2.75) is 32.9 Å². The lowest BCUT2D eigenvalue weighted by atomic mass is 10.2. The van der Waals surface area contributed by atoms with E-state index in [1.165, 1.54) is 0 Å². The maximum atomic E-state index is 13.4. The summed E-state index contributed by atoms with van der Waals surface area (Å²) in [4.78, 5) is 18.7. The Balaban J connectivity index is 1.48. The van der Waals surface area contributed by atoms with Crippen molar-refractivity contribution < 1.29 is 23.0 Å². The summed E-state index contributed by atoms with van der Waals surface area (Å²) in [5, 5.41) is 4.44. The summed E-state index contributed by atoms with van der Waals surface area (Å²) in [6.45, 7) is 5.26. The number of anilines is 1. The Morgan fingerprint density at radius 3 is 2.66 bits per heavy atom. The molecule has 2 aromatic heterocycles. The van der Waals surface area contributed by atoms with Gasteiger partial charge < -0.3 is 14.4 Å². The van der Waals surface area contributed by atoms with E-state index in [9.17, 15) is 13.6 Å². The van der Waals surface area contributed by atoms with Crippen LogP contribution in [0.5, 0.6) is 0 Å². The van der Waals surface area contributed by atoms with Gasteiger partial charge in [0.2, 0.25) is 0 Å². The molecule has 2 aromatic rings. The number of methoxy groups -OCH3 is 1. The number of carbonyl (C=O) groups is 1. The predicted molar refractivity (Wildman–Crippen MR) is 101 cm³/mol. The number of halogens is 2. The zero-order chi connectivity index (χ0) is 20.8. The third-order valence-electron chi connectivity index (χ3n) is 5.65. The summed E-state index contributed by atoms with van der Waals surface area (Å²) in [5.74, 6) is -3.27. The van der Waals surface area contributed by atoms with Crippen LogP contribution in [-0.4, -0.2) is 53.5 Å². The second-order valence-electron chi connectivity index (χ2n) is 7.55. The molecule has 29 heavy (non-hydrogen) atoms. The van der Waals surface area contributed by atoms with Gasteiger partial charge in [0.25, 0.3) is 5.92 Å². The maximum Gasteiger partial charge on any atom is 0.341 e. The molecule has 1 aliphatic carbocycles. The monoisotopic (exact) mass is 406 g/mol. The zero-order valence-corrected chi connectivity index (χ0v) is 16.7. The average molecular weight is 406 g/mol. The lowest BCUT2D eigenvalue weighted by molar-refractivity contribution is 0.0521. The minimum Gasteiger partial charge on any atom is -0.462 e. The molecule has 2 aliphatic rings. The van der Waals surface area contributed by atoms with Crippen molar-refractivity contribution in [2.24, 2.45) is 11.8 Å². The molecule has 2 atom stereocenters. The summed E-state index contributed by atoms with van der Waals surface area (Å²) < 4.78 is 38.7. The lowest BCUT2D eigenvalue weighted by Gasteiger charge is -2.21. The SMILES string of the molecule is CCOC(=O)c1cn(Cc2ccc(N3CC4C(C3)C4(F)F)nc2C)nc1COC. The van der Waals surface area contributed by atoms with Crippen LogP contribution in [-0.2, 0) is 22.6 Å². The van der Waals surface area contributed by atoms with Crippen molar-refractivity contribution in [3.05, 3.63) is 40.8 Å². The predicted octanol–water partition coefficient (Wildman–Crippen LogP) is 2.66. The van der Waals surface area contributed by atoms with Gasteiger partial charge in [0.1, 0.15) is 17.1 Å². The minimum absolute atomic E-state index is 0.208. The minimum atomic E-state index is -2.50. The first kappa shape index (κ1) is 19.8. The molecule has 0 bridgehead atoms. The Morgan fingerprint density at radius 1 is 1.31 bits per heavy atom. The second-order valence-corrected chi connectivity index (χ2v) is 7.55. The van der Waals surface area contributed by atoms with Crippen LogP contribution < -0.4 is 4.90 Å². The standard InChI is InChI=1S/C20H24F2N4O3/c1-4-29-19(27)14-8-26(24-17(14)11-28-3)7-13-5-6-18(23-12(13)2)25-9-15-16(10-25)20(15,21)22/h5-6,8,15-16H,4,7,9-11H2,1-3H3. The van der Waals surface area contributed by atoms with Crippen molar-refractivity contribution in [1.29, 1.82) is 0 Å². The fourth-order valence-corrected chi connectivity index (χ4v) is 3.95. The molecular weight excluding hydrogens is 382 g/mol. The van der Waals surface area contributed by atoms with Crippen molar-refractivity contribution >= 4 is 11.8 Å². The number of rotatable bonds is 7. The Morgan fingerprint density at radius 2 is 2.03 bits per heavy atom. The fourth-order valence-electron chi connectivity index (χ4n) is 3.95. The van der Waals surface area contributed by atoms with Crippen LogP contribution in [0, 0.1) is 18.8 Å². The van der Waals surface area contributed by atoms with E-state index in [4.69, 9.17) is 9.47 Å². The molecule has 1 aliphatic heterocycles. The molecule has 3 heterocycles. The van der Waals surface area contributed by atoms with E-state index < -0.39 is 23.7 Å². The first-order valence-corrected chi connectivity index (χ1v) is 9.66. The smallest absolute Gasteiger partial charge is 0.341 e. The molecule has 1 saturated heterocycles. The third-order valence-corrected chi connectivity index (χ3v) is 5.65. The highest BCUT2D eigenvalue weighted by atomic mass is 19.3. The van der Waals surface area contributed by atoms with Crippen LogP contribution in [0.3, 0.4) is 0 Å². The molecular formula is C20H24F2N4O3. The van der Waals surface area contributed by atoms with Gasteiger partial charge in [-0.15, -0.1) is 0 Å². The van der Waals surface area contributed by atoms with E-state index in [1.54, 1.807) is 24.9 Å². The summed E-state index contributed by atoms with van der Waals surface area (Å²) in [5.41, 5.74) is 2.64. The number of alkyl halides is 2. The number of esters is 1. The number of hydrogen-bond donors (Lipinski definition) is 0. The Kier molecular flexibility index (Phi) is 5.02. The third kappa shape index (κ3) is 3.59. The molecule has 156 valence electrons. The highest BCUT2D eigenvalue weighted by Crippen LogP contribution is 2.59. The van der Waals surface area contributed by atoms with Gasteiger partial charge in [-0.1, -0.05) is 6.07 Å². The highest BCUT2D eigenvalue weighted by molar-refractivity contribution is 5.90. The van der Waals surface area contributed by atoms with E-state index in [2.05, 4.69) is 10.1 Å². The maximum absolute atomic E-state index is 13.4. The van der Waals surface area contributed by atoms with Gasteiger partial charge >= 0.3 is 5.97 Å². The van der Waals surface area contributed by atoms with Gasteiger partial charge in [-0.25, -0.2) is 18.6 Å². The Labute approximate surface area is 167 Å². The number of fused-ring (bicyclic) bond motifs is 1. The molecule has 0 aromatic carbocycles. The first-order valence-electron chi connectivity index (χ1n) is 9.66. The number of piperidine rings is 1. The van der Waals surface area contributed by atoms with Crippen LogP contribution in [0.15, 0.2) is 18.3 Å². The van der Waals surface area contributed by atoms with Crippen LogP contribution in [0.2, 0.25) is 0 Å². The number of carbonyl (C=O) groups excluding carboxylic acids is 1. The molecule has 0 N–H and O–H groups in total. The zero-order valence-electron chi connectivity index (χ0n) is 16.7. The molecule has 4 rings (SSSR count). The van der Waals surface area contributed by atoms with Crippen LogP contribution in [0.25, 0.3) is 0 Å². The molecule has 2 fully saturated rings. The Hall–Kier alpha value is -2.55. The van der Waals surface area contributed by atoms with Crippen molar-refractivity contribution in [1.82, 2.24) is 14.8 Å². The summed E-state index contributed by atoms with van der Waals surface area (Å²) in [6.07, 6.45) is 1.65. The number of hydrogen-bond acceptors (Lipinski definition) is 6. The molecule has 0 spiro atoms. The van der Waals surface area contributed by atoms with Gasteiger partial charge in [-0.2, -0.15) is 5.10 Å². The van der Waals surface area contributed by atoms with Crippen LogP contribution in [0.1, 0.15) is 34.2 Å². The normalized spacial score (nSPS) is 21.9. The van der Waals surface area contributed by atoms with Crippen molar-refractivity contribution in [3.63, 3.8) is 0 Å². The fraction of sp³-hybridized carbons (Fsp3) is 0.550. The van der Waals surface area contributed by atoms with E-state index in [0.717, 1.165) is 17.1 Å². The van der Waals surface area contributed by atoms with Gasteiger partial charge in [-0.05, 0) is 25.5 Å². The quantitative estimate of drug-likeness (QED) is 0.659. The summed E-state index contributed by atoms with van der Waals surface area (Å²) in [6, 6.07) is 3.79. The number of aromatic nitrogens is 3. The number of ether oxygens (including phenoxy) is 2. The highest BCUT2D eigenvalue weighted by Gasteiger charge is 2.71. The Bertz CT molecular complexity index is 916. The topological polar surface area (TPSA) is 69.5 Å². The van der Waals surface area contributed by atoms with Gasteiger partial charge in [0.05, 0.1) is 31.6 Å². The number of aryl methyl sites for hydroxylation is 1. The largest absolute Gasteiger partial charge is 0.462 e. The van der Waals surface area contributed by atoms with Gasteiger partial charge in [-0.3, -0.25) is 4.68 Å². The molecule has 0 amide bonds. The first-order chi connectivity index (χ1) is 13.8. The van der Waals surface area contributed by atoms with E-state index in [-0.39, 0.29) is 13.2 Å². The number of nitrogens with zero attached hydrogens (tertiary/aromatic N) is 4. The average Bonchev–Trinajstić information content (AvgIpc) is 3.09. The summed E-state index contributed by atoms with van der Waals surface area (Å²) >= 11 is 0.